The number of nitrogens with one attached hydrogen (secondary N) is 2. The Morgan fingerprint density at radius 3 is 2.42 bits per heavy atom. The first-order valence-electron chi connectivity index (χ1n) is 11.8. The standard InChI is InChI=1S/C27H32N4O5/c1-4-27(2,3)30-26(35)25(19-10-12-20(32)13-11-19)31(18-21-8-7-17-36-21)24(34)15-14-23(33)29-22-9-5-6-16-28-22/h5-13,16-17,25,32H,4,14-15,18H2,1-3H3,(H,30,35)(H,28,29,33)/t25-/m1/s1. The molecule has 0 aliphatic carbocycles. The van der Waals surface area contributed by atoms with Crippen LogP contribution in [-0.4, -0.2) is 38.3 Å². The molecule has 0 saturated heterocycles. The molecule has 3 aromatic rings. The van der Waals surface area contributed by atoms with Gasteiger partial charge in [0.05, 0.1) is 12.8 Å². The Balaban J connectivity index is 1.87. The summed E-state index contributed by atoms with van der Waals surface area (Å²) in [6.07, 6.45) is 3.52. The third-order valence-electron chi connectivity index (χ3n) is 5.84. The van der Waals surface area contributed by atoms with Gasteiger partial charge in [-0.05, 0) is 62.2 Å². The average Bonchev–Trinajstić information content (AvgIpc) is 3.37. The van der Waals surface area contributed by atoms with Crippen molar-refractivity contribution in [2.45, 2.75) is 58.2 Å². The highest BCUT2D eigenvalue weighted by atomic mass is 16.3. The highest BCUT2D eigenvalue weighted by molar-refractivity contribution is 5.94. The topological polar surface area (TPSA) is 125 Å². The Morgan fingerprint density at radius 1 is 1.06 bits per heavy atom. The van der Waals surface area contributed by atoms with Gasteiger partial charge in [-0.3, -0.25) is 14.4 Å². The van der Waals surface area contributed by atoms with E-state index in [1.54, 1.807) is 48.7 Å². The molecule has 0 aliphatic rings. The van der Waals surface area contributed by atoms with Crippen LogP contribution in [0.15, 0.2) is 71.5 Å². The first-order chi connectivity index (χ1) is 17.2. The number of phenolic OH excluding ortho intramolecular Hbond substituents is 1. The Hall–Kier alpha value is -4.14. The predicted molar refractivity (Wildman–Crippen MR) is 135 cm³/mol. The number of hydrogen-bond donors (Lipinski definition) is 3. The van der Waals surface area contributed by atoms with Gasteiger partial charge in [0.25, 0.3) is 0 Å². The number of furan rings is 1. The van der Waals surface area contributed by atoms with E-state index in [1.807, 2.05) is 20.8 Å². The van der Waals surface area contributed by atoms with E-state index >= 15 is 0 Å². The summed E-state index contributed by atoms with van der Waals surface area (Å²) in [5.74, 6) is -0.201. The summed E-state index contributed by atoms with van der Waals surface area (Å²) in [5, 5.41) is 15.5. The number of hydrogen-bond acceptors (Lipinski definition) is 6. The van der Waals surface area contributed by atoms with Gasteiger partial charge in [-0.25, -0.2) is 4.98 Å². The second-order valence-electron chi connectivity index (χ2n) is 9.08. The SMILES string of the molecule is CCC(C)(C)NC(=O)[C@@H](c1ccc(O)cc1)N(Cc1ccco1)C(=O)CCC(=O)Nc1ccccn1. The van der Waals surface area contributed by atoms with Gasteiger partial charge >= 0.3 is 0 Å². The number of aromatic hydroxyl groups is 1. The highest BCUT2D eigenvalue weighted by Crippen LogP contribution is 2.27. The van der Waals surface area contributed by atoms with E-state index < -0.39 is 17.5 Å². The largest absolute Gasteiger partial charge is 0.508 e. The lowest BCUT2D eigenvalue weighted by atomic mass is 9.98. The van der Waals surface area contributed by atoms with E-state index in [9.17, 15) is 19.5 Å². The van der Waals surface area contributed by atoms with Crippen LogP contribution >= 0.6 is 0 Å². The van der Waals surface area contributed by atoms with E-state index in [-0.39, 0.29) is 37.0 Å². The number of amides is 3. The molecule has 0 radical (unpaired) electrons. The number of carbonyl (C=O) groups is 3. The summed E-state index contributed by atoms with van der Waals surface area (Å²) in [5.41, 5.74) is 0.0175. The molecule has 0 spiro atoms. The van der Waals surface area contributed by atoms with Crippen LogP contribution in [0.5, 0.6) is 5.75 Å². The summed E-state index contributed by atoms with van der Waals surface area (Å²) < 4.78 is 5.47. The molecule has 1 aromatic carbocycles. The molecule has 0 unspecified atom stereocenters. The fourth-order valence-corrected chi connectivity index (χ4v) is 3.52. The Bertz CT molecular complexity index is 1140. The van der Waals surface area contributed by atoms with Gasteiger partial charge < -0.3 is 25.1 Å². The number of pyridine rings is 1. The molecule has 0 saturated carbocycles. The summed E-state index contributed by atoms with van der Waals surface area (Å²) in [7, 11) is 0. The monoisotopic (exact) mass is 492 g/mol. The third-order valence-corrected chi connectivity index (χ3v) is 5.84. The van der Waals surface area contributed by atoms with Gasteiger partial charge in [-0.2, -0.15) is 0 Å². The fourth-order valence-electron chi connectivity index (χ4n) is 3.52. The number of rotatable bonds is 11. The third kappa shape index (κ3) is 7.43. The number of nitrogens with zero attached hydrogens (tertiary/aromatic N) is 2. The molecular weight excluding hydrogens is 460 g/mol. The van der Waals surface area contributed by atoms with Crippen LogP contribution < -0.4 is 10.6 Å². The van der Waals surface area contributed by atoms with Crippen LogP contribution in [0.25, 0.3) is 0 Å². The summed E-state index contributed by atoms with van der Waals surface area (Å²) in [4.78, 5) is 45.0. The number of anilines is 1. The summed E-state index contributed by atoms with van der Waals surface area (Å²) in [6, 6.07) is 13.7. The minimum Gasteiger partial charge on any atom is -0.508 e. The van der Waals surface area contributed by atoms with Crippen molar-refractivity contribution < 1.29 is 23.9 Å². The lowest BCUT2D eigenvalue weighted by Crippen LogP contribution is -2.50. The van der Waals surface area contributed by atoms with Gasteiger partial charge in [0.2, 0.25) is 17.7 Å². The molecular formula is C27H32N4O5. The van der Waals surface area contributed by atoms with Gasteiger partial charge in [0.1, 0.15) is 23.4 Å². The second-order valence-corrected chi connectivity index (χ2v) is 9.08. The average molecular weight is 493 g/mol. The molecule has 2 aromatic heterocycles. The van der Waals surface area contributed by atoms with Crippen LogP contribution in [0.2, 0.25) is 0 Å². The van der Waals surface area contributed by atoms with Crippen molar-refractivity contribution in [3.05, 3.63) is 78.4 Å². The van der Waals surface area contributed by atoms with Crippen molar-refractivity contribution in [3.8, 4) is 5.75 Å². The zero-order chi connectivity index (χ0) is 26.1. The highest BCUT2D eigenvalue weighted by Gasteiger charge is 2.34. The zero-order valence-corrected chi connectivity index (χ0v) is 20.7. The maximum Gasteiger partial charge on any atom is 0.247 e. The minimum atomic E-state index is -1.01. The van der Waals surface area contributed by atoms with E-state index in [0.717, 1.165) is 0 Å². The number of benzene rings is 1. The fraction of sp³-hybridized carbons (Fsp3) is 0.333. The van der Waals surface area contributed by atoms with E-state index in [1.165, 1.54) is 23.3 Å². The molecule has 0 fully saturated rings. The van der Waals surface area contributed by atoms with Crippen molar-refractivity contribution in [2.75, 3.05) is 5.32 Å². The van der Waals surface area contributed by atoms with Crippen molar-refractivity contribution in [1.82, 2.24) is 15.2 Å². The molecule has 0 aliphatic heterocycles. The zero-order valence-electron chi connectivity index (χ0n) is 20.7. The normalized spacial score (nSPS) is 12.0. The van der Waals surface area contributed by atoms with Crippen molar-refractivity contribution in [3.63, 3.8) is 0 Å². The van der Waals surface area contributed by atoms with Crippen LogP contribution in [0.4, 0.5) is 5.82 Å². The van der Waals surface area contributed by atoms with Crippen molar-refractivity contribution >= 4 is 23.5 Å². The summed E-state index contributed by atoms with van der Waals surface area (Å²) in [6.45, 7) is 5.79. The summed E-state index contributed by atoms with van der Waals surface area (Å²) >= 11 is 0. The Morgan fingerprint density at radius 2 is 1.81 bits per heavy atom. The molecule has 3 amide bonds. The van der Waals surface area contributed by atoms with Crippen molar-refractivity contribution in [1.29, 1.82) is 0 Å². The van der Waals surface area contributed by atoms with Crippen LogP contribution in [-0.2, 0) is 20.9 Å². The molecule has 9 heteroatoms. The smallest absolute Gasteiger partial charge is 0.247 e. The molecule has 9 nitrogen and oxygen atoms in total. The maximum atomic E-state index is 13.6. The maximum absolute atomic E-state index is 13.6. The second kappa shape index (κ2) is 12.0. The Kier molecular flexibility index (Phi) is 8.83. The predicted octanol–water partition coefficient (Wildman–Crippen LogP) is 4.17. The first-order valence-corrected chi connectivity index (χ1v) is 11.8. The van der Waals surface area contributed by atoms with Crippen LogP contribution in [0, 0.1) is 0 Å². The van der Waals surface area contributed by atoms with E-state index in [0.29, 0.717) is 23.6 Å². The lowest BCUT2D eigenvalue weighted by Gasteiger charge is -2.34. The van der Waals surface area contributed by atoms with Gasteiger partial charge in [0.15, 0.2) is 0 Å². The molecule has 0 bridgehead atoms. The number of phenols is 1. The lowest BCUT2D eigenvalue weighted by molar-refractivity contribution is -0.143. The van der Waals surface area contributed by atoms with Gasteiger partial charge in [-0.1, -0.05) is 25.1 Å². The quantitative estimate of drug-likeness (QED) is 0.369. The molecule has 3 rings (SSSR count). The van der Waals surface area contributed by atoms with Crippen LogP contribution in [0.1, 0.15) is 57.4 Å². The van der Waals surface area contributed by atoms with Crippen molar-refractivity contribution in [2.24, 2.45) is 0 Å². The van der Waals surface area contributed by atoms with E-state index in [2.05, 4.69) is 15.6 Å². The number of carbonyl (C=O) groups excluding carboxylic acids is 3. The Labute approximate surface area is 210 Å². The first kappa shape index (κ1) is 26.5. The molecule has 1 atom stereocenters. The van der Waals surface area contributed by atoms with Crippen LogP contribution in [0.3, 0.4) is 0 Å². The number of aromatic nitrogens is 1. The van der Waals surface area contributed by atoms with Gasteiger partial charge in [0, 0.05) is 24.6 Å². The van der Waals surface area contributed by atoms with Gasteiger partial charge in [-0.15, -0.1) is 0 Å². The van der Waals surface area contributed by atoms with E-state index in [4.69, 9.17) is 4.42 Å². The molecule has 2 heterocycles. The molecule has 3 N–H and O–H groups in total. The minimum absolute atomic E-state index is 0.0270. The molecule has 190 valence electrons. The molecule has 36 heavy (non-hydrogen) atoms.